The Bertz CT molecular complexity index is 2950. The van der Waals surface area contributed by atoms with E-state index in [1.54, 1.807) is 44.3 Å². The van der Waals surface area contributed by atoms with Gasteiger partial charge in [0.05, 0.1) is 24.1 Å². The fourth-order valence-corrected chi connectivity index (χ4v) is 12.2. The summed E-state index contributed by atoms with van der Waals surface area (Å²) in [6.07, 6.45) is 12.7. The number of hydrogen-bond acceptors (Lipinski definition) is 14. The van der Waals surface area contributed by atoms with E-state index in [2.05, 4.69) is 63.1 Å². The van der Waals surface area contributed by atoms with Gasteiger partial charge in [-0.2, -0.15) is 0 Å². The molecule has 490 valence electrons. The summed E-state index contributed by atoms with van der Waals surface area (Å²) >= 11 is 0. The van der Waals surface area contributed by atoms with E-state index in [9.17, 15) is 52.7 Å². The Kier molecular flexibility index (Phi) is 22.3. The Morgan fingerprint density at radius 3 is 1.09 bits per heavy atom. The molecule has 24 heteroatoms. The molecule has 0 radical (unpaired) electrons. The second-order valence-electron chi connectivity index (χ2n) is 28.2. The highest BCUT2D eigenvalue weighted by atomic mass is 16.5. The second-order valence-corrected chi connectivity index (χ2v) is 28.2. The number of carbonyl (C=O) groups excluding carboxylic acids is 11. The average molecular weight is 1240 g/mol. The molecule has 0 bridgehead atoms. The van der Waals surface area contributed by atoms with Gasteiger partial charge < -0.3 is 57.9 Å². The van der Waals surface area contributed by atoms with Gasteiger partial charge in [0.25, 0.3) is 5.91 Å². The van der Waals surface area contributed by atoms with Crippen molar-refractivity contribution in [3.63, 3.8) is 0 Å². The molecule has 6 rings (SSSR count). The number of esters is 1. The van der Waals surface area contributed by atoms with Crippen LogP contribution in [0.5, 0.6) is 0 Å². The third kappa shape index (κ3) is 16.9. The summed E-state index contributed by atoms with van der Waals surface area (Å²) in [4.78, 5) is 165. The lowest BCUT2D eigenvalue weighted by molar-refractivity contribution is -0.150. The van der Waals surface area contributed by atoms with Gasteiger partial charge in [0.15, 0.2) is 0 Å². The zero-order valence-electron chi connectivity index (χ0n) is 54.6. The smallest absolute Gasteiger partial charge is 0.330 e. The first-order chi connectivity index (χ1) is 41.5. The van der Waals surface area contributed by atoms with Crippen LogP contribution < -0.4 is 53.2 Å². The molecule has 0 unspecified atom stereocenters. The van der Waals surface area contributed by atoms with Gasteiger partial charge in [0.2, 0.25) is 53.2 Å². The Morgan fingerprint density at radius 2 is 0.775 bits per heavy atom. The first-order valence-corrected chi connectivity index (χ1v) is 31.7. The number of carbonyl (C=O) groups is 11. The second kappa shape index (κ2) is 28.1. The largest absolute Gasteiger partial charge is 0.467 e. The molecule has 10 amide bonds. The van der Waals surface area contributed by atoms with E-state index in [1.807, 2.05) is 6.07 Å². The number of nitrogens with one attached hydrogen (secondary N) is 10. The van der Waals surface area contributed by atoms with E-state index >= 15 is 0 Å². The minimum absolute atomic E-state index is 0.208. The van der Waals surface area contributed by atoms with Crippen LogP contribution in [-0.2, 0) is 52.7 Å². The van der Waals surface area contributed by atoms with Crippen LogP contribution in [0.15, 0.2) is 42.7 Å². The fourth-order valence-electron chi connectivity index (χ4n) is 12.2. The molecule has 2 heterocycles. The van der Waals surface area contributed by atoms with Gasteiger partial charge in [-0.15, -0.1) is 0 Å². The van der Waals surface area contributed by atoms with Crippen LogP contribution in [0.25, 0.3) is 11.4 Å². The maximum absolute atomic E-state index is 14.8. The lowest BCUT2D eigenvalue weighted by Gasteiger charge is -2.44. The Balaban J connectivity index is 1.11. The molecular weight excluding hydrogens is 1140 g/mol. The molecule has 0 aliphatic heterocycles. The fraction of sp³-hybridized carbons (Fsp3) is 0.677. The number of ether oxygens (including phenoxy) is 1. The quantitative estimate of drug-likeness (QED) is 0.0667. The van der Waals surface area contributed by atoms with Crippen molar-refractivity contribution in [3.8, 4) is 11.4 Å². The summed E-state index contributed by atoms with van der Waals surface area (Å²) < 4.78 is 4.85. The van der Waals surface area contributed by atoms with Crippen molar-refractivity contribution in [2.45, 2.75) is 267 Å². The average Bonchev–Trinajstić information content (AvgIpc) is 2.85. The van der Waals surface area contributed by atoms with Gasteiger partial charge in [0.1, 0.15) is 55.9 Å². The number of rotatable bonds is 23. The number of methoxy groups -OCH3 is 1. The molecule has 2 aromatic rings. The predicted molar refractivity (Wildman–Crippen MR) is 333 cm³/mol. The first-order valence-electron chi connectivity index (χ1n) is 31.7. The summed E-state index contributed by atoms with van der Waals surface area (Å²) in [6, 6.07) is 7.56. The van der Waals surface area contributed by atoms with Gasteiger partial charge in [-0.1, -0.05) is 97.0 Å². The van der Waals surface area contributed by atoms with Crippen LogP contribution in [0.3, 0.4) is 0 Å². The van der Waals surface area contributed by atoms with Crippen LogP contribution in [0, 0.1) is 5.92 Å². The summed E-state index contributed by atoms with van der Waals surface area (Å²) in [5, 5.41) is 28.8. The monoisotopic (exact) mass is 1240 g/mol. The van der Waals surface area contributed by atoms with Gasteiger partial charge >= 0.3 is 5.97 Å². The molecule has 4 fully saturated rings. The predicted octanol–water partition coefficient (Wildman–Crippen LogP) is 4.82. The molecular formula is C65H98N12O12. The Hall–Kier alpha value is -7.53. The number of amides is 10. The van der Waals surface area contributed by atoms with E-state index in [4.69, 9.17) is 4.74 Å². The molecule has 4 saturated carbocycles. The van der Waals surface area contributed by atoms with Crippen LogP contribution in [-0.4, -0.2) is 138 Å². The first kappa shape index (κ1) is 70.6. The molecule has 89 heavy (non-hydrogen) atoms. The zero-order chi connectivity index (χ0) is 66.0. The number of aromatic nitrogens is 2. The standard InChI is InChI=1S/C65H98N12O12/c1-41(2)45(47(79)70-61(11,12)56(88)89-13)68-52(84)62(31-19-14-20-32-62)74-49(81)58(5,6)71-54(86)64(35-23-16-24-36-64)76-51(83)60(9,10)73-55(87)65(37-25-17-26-38-65)77-50(82)59(7,8)72-53(85)63(33-21-15-22-34-63)75-48(80)57(3,4)69-46(78)42-29-30-44(67-40-42)43-28-18-27-39-66-43/h18,27-30,39-41,45H,14-17,19-26,31-38H2,1-13H3,(H,68,84)(H,69,78)(H,70,79)(H,71,86)(H,72,85)(H,73,87)(H,74,81)(H,75,80)(H,76,83)(H,77,82)/t45-/m0/s1. The van der Waals surface area contributed by atoms with Gasteiger partial charge in [-0.3, -0.25) is 57.9 Å². The maximum atomic E-state index is 14.8. The van der Waals surface area contributed by atoms with Gasteiger partial charge in [-0.25, -0.2) is 4.79 Å². The Labute approximate surface area is 523 Å². The topological polar surface area (TPSA) is 343 Å². The summed E-state index contributed by atoms with van der Waals surface area (Å²) in [5.74, 6) is -7.40. The van der Waals surface area contributed by atoms with E-state index in [0.29, 0.717) is 62.8 Å². The summed E-state index contributed by atoms with van der Waals surface area (Å²) in [7, 11) is 1.21. The highest BCUT2D eigenvalue weighted by Gasteiger charge is 2.53. The van der Waals surface area contributed by atoms with E-state index in [0.717, 1.165) is 25.7 Å². The van der Waals surface area contributed by atoms with Crippen molar-refractivity contribution >= 4 is 65.0 Å². The molecule has 1 atom stereocenters. The van der Waals surface area contributed by atoms with Crippen LogP contribution >= 0.6 is 0 Å². The molecule has 0 saturated heterocycles. The van der Waals surface area contributed by atoms with Crippen molar-refractivity contribution in [1.82, 2.24) is 63.1 Å². The Morgan fingerprint density at radius 1 is 0.427 bits per heavy atom. The number of hydrogen-bond donors (Lipinski definition) is 10. The summed E-state index contributed by atoms with van der Waals surface area (Å²) in [5.41, 5.74) is -12.4. The van der Waals surface area contributed by atoms with Crippen molar-refractivity contribution in [3.05, 3.63) is 48.3 Å². The number of nitrogens with zero attached hydrogens (tertiary/aromatic N) is 2. The molecule has 0 spiro atoms. The summed E-state index contributed by atoms with van der Waals surface area (Å²) in [6.45, 7) is 18.5. The van der Waals surface area contributed by atoms with Gasteiger partial charge in [-0.05, 0) is 151 Å². The van der Waals surface area contributed by atoms with Crippen molar-refractivity contribution in [2.75, 3.05) is 7.11 Å². The van der Waals surface area contributed by atoms with Crippen LogP contribution in [0.1, 0.15) is 222 Å². The third-order valence-corrected chi connectivity index (χ3v) is 18.3. The highest BCUT2D eigenvalue weighted by Crippen LogP contribution is 2.35. The lowest BCUT2D eigenvalue weighted by atomic mass is 9.78. The minimum atomic E-state index is -1.67. The van der Waals surface area contributed by atoms with Crippen molar-refractivity contribution < 1.29 is 57.5 Å². The van der Waals surface area contributed by atoms with Gasteiger partial charge in [0, 0.05) is 12.4 Å². The van der Waals surface area contributed by atoms with E-state index in [1.165, 1.54) is 82.5 Å². The molecule has 4 aliphatic rings. The lowest BCUT2D eigenvalue weighted by Crippen LogP contribution is -2.72. The molecule has 4 aliphatic carbocycles. The SMILES string of the molecule is COC(=O)C(C)(C)NC(=O)[C@@H](NC(=O)C1(NC(=O)C(C)(C)NC(=O)C2(NC(=O)C(C)(C)NC(=O)C3(NC(=O)C(C)(C)NC(=O)C4(NC(=O)C(C)(C)NC(=O)c5ccc(-c6ccccn6)nc5)CCCCC4)CCCCC3)CCCCC2)CCCCC1)C(C)C. The third-order valence-electron chi connectivity index (χ3n) is 18.3. The van der Waals surface area contributed by atoms with E-state index < -0.39 is 127 Å². The van der Waals surface area contributed by atoms with Crippen molar-refractivity contribution in [1.29, 1.82) is 0 Å². The normalized spacial score (nSPS) is 18.6. The van der Waals surface area contributed by atoms with Crippen LogP contribution in [0.2, 0.25) is 0 Å². The van der Waals surface area contributed by atoms with Crippen molar-refractivity contribution in [2.24, 2.45) is 5.92 Å². The van der Waals surface area contributed by atoms with E-state index in [-0.39, 0.29) is 56.9 Å². The molecule has 24 nitrogen and oxygen atoms in total. The molecule has 10 N–H and O–H groups in total. The maximum Gasteiger partial charge on any atom is 0.330 e. The molecule has 2 aromatic heterocycles. The minimum Gasteiger partial charge on any atom is -0.467 e. The highest BCUT2D eigenvalue weighted by molar-refractivity contribution is 6.04. The zero-order valence-corrected chi connectivity index (χ0v) is 54.6. The van der Waals surface area contributed by atoms with Crippen LogP contribution in [0.4, 0.5) is 0 Å². The molecule has 0 aromatic carbocycles. The number of pyridine rings is 2.